The molecule has 0 aromatic heterocycles. The van der Waals surface area contributed by atoms with Crippen LogP contribution in [0.15, 0.2) is 18.2 Å². The van der Waals surface area contributed by atoms with Gasteiger partial charge in [-0.3, -0.25) is 0 Å². The van der Waals surface area contributed by atoms with E-state index in [4.69, 9.17) is 0 Å². The van der Waals surface area contributed by atoms with Gasteiger partial charge in [-0.05, 0) is 42.9 Å². The zero-order valence-corrected chi connectivity index (χ0v) is 13.5. The second kappa shape index (κ2) is 9.18. The second-order valence-electron chi connectivity index (χ2n) is 6.15. The summed E-state index contributed by atoms with van der Waals surface area (Å²) in [5.41, 5.74) is 4.37. The van der Waals surface area contributed by atoms with Crippen molar-refractivity contribution >= 4 is 0 Å². The average molecular weight is 260 g/mol. The third kappa shape index (κ3) is 6.27. The summed E-state index contributed by atoms with van der Waals surface area (Å²) in [6, 6.07) is 6.96. The quantitative estimate of drug-likeness (QED) is 0.442. The van der Waals surface area contributed by atoms with Crippen molar-refractivity contribution in [2.75, 3.05) is 0 Å². The number of unbranched alkanes of at least 4 members (excludes halogenated alkanes) is 6. The van der Waals surface area contributed by atoms with Gasteiger partial charge in [0.05, 0.1) is 0 Å². The van der Waals surface area contributed by atoms with Crippen molar-refractivity contribution in [3.8, 4) is 0 Å². The largest absolute Gasteiger partial charge is 0.0654 e. The van der Waals surface area contributed by atoms with E-state index in [-0.39, 0.29) is 0 Å². The number of hydrogen-bond acceptors (Lipinski definition) is 0. The fourth-order valence-electron chi connectivity index (χ4n) is 2.65. The van der Waals surface area contributed by atoms with Crippen LogP contribution in [-0.4, -0.2) is 0 Å². The van der Waals surface area contributed by atoms with Crippen molar-refractivity contribution in [2.45, 2.75) is 85.0 Å². The summed E-state index contributed by atoms with van der Waals surface area (Å²) in [4.78, 5) is 0. The fraction of sp³-hybridized carbons (Fsp3) is 0.684. The normalized spacial score (nSPS) is 12.6. The van der Waals surface area contributed by atoms with Crippen molar-refractivity contribution in [3.63, 3.8) is 0 Å². The van der Waals surface area contributed by atoms with Gasteiger partial charge in [-0.2, -0.15) is 0 Å². The molecule has 0 saturated carbocycles. The number of aryl methyl sites for hydroxylation is 2. The smallest absolute Gasteiger partial charge is 0.0190 e. The predicted molar refractivity (Wildman–Crippen MR) is 86.9 cm³/mol. The first-order valence-electron chi connectivity index (χ1n) is 8.22. The van der Waals surface area contributed by atoms with Crippen LogP contribution in [0.25, 0.3) is 0 Å². The second-order valence-corrected chi connectivity index (χ2v) is 6.15. The van der Waals surface area contributed by atoms with Crippen molar-refractivity contribution in [1.82, 2.24) is 0 Å². The van der Waals surface area contributed by atoms with Gasteiger partial charge in [0.2, 0.25) is 0 Å². The highest BCUT2D eigenvalue weighted by Crippen LogP contribution is 2.24. The Morgan fingerprint density at radius 2 is 1.47 bits per heavy atom. The van der Waals surface area contributed by atoms with Crippen LogP contribution in [0.1, 0.15) is 87.8 Å². The van der Waals surface area contributed by atoms with Crippen LogP contribution in [0, 0.1) is 13.8 Å². The molecule has 0 nitrogen and oxygen atoms in total. The molecule has 1 unspecified atom stereocenters. The zero-order chi connectivity index (χ0) is 14.1. The Morgan fingerprint density at radius 1 is 0.842 bits per heavy atom. The highest BCUT2D eigenvalue weighted by molar-refractivity contribution is 5.31. The molecule has 1 aromatic carbocycles. The molecule has 1 aromatic rings. The fourth-order valence-corrected chi connectivity index (χ4v) is 2.65. The maximum atomic E-state index is 2.38. The first kappa shape index (κ1) is 16.3. The van der Waals surface area contributed by atoms with Gasteiger partial charge < -0.3 is 0 Å². The SMILES string of the molecule is CCCCCCCCCC(C)c1ccc(C)c(C)c1. The molecule has 0 heterocycles. The molecule has 0 N–H and O–H groups in total. The van der Waals surface area contributed by atoms with Crippen LogP contribution in [0.3, 0.4) is 0 Å². The molecule has 0 amide bonds. The molecule has 19 heavy (non-hydrogen) atoms. The molecule has 0 fully saturated rings. The third-order valence-electron chi connectivity index (χ3n) is 4.34. The minimum Gasteiger partial charge on any atom is -0.0654 e. The molecule has 108 valence electrons. The lowest BCUT2D eigenvalue weighted by atomic mass is 9.92. The van der Waals surface area contributed by atoms with E-state index in [0.29, 0.717) is 0 Å². The zero-order valence-electron chi connectivity index (χ0n) is 13.5. The van der Waals surface area contributed by atoms with Gasteiger partial charge >= 0.3 is 0 Å². The lowest BCUT2D eigenvalue weighted by Gasteiger charge is -2.13. The van der Waals surface area contributed by atoms with Crippen molar-refractivity contribution in [3.05, 3.63) is 34.9 Å². The maximum absolute atomic E-state index is 2.38. The van der Waals surface area contributed by atoms with E-state index in [1.807, 2.05) is 0 Å². The number of benzene rings is 1. The molecule has 0 saturated heterocycles. The summed E-state index contributed by atoms with van der Waals surface area (Å²) >= 11 is 0. The van der Waals surface area contributed by atoms with Gasteiger partial charge in [-0.1, -0.05) is 77.0 Å². The molecule has 0 bridgehead atoms. The van der Waals surface area contributed by atoms with Gasteiger partial charge in [-0.15, -0.1) is 0 Å². The van der Waals surface area contributed by atoms with Gasteiger partial charge in [0.15, 0.2) is 0 Å². The van der Waals surface area contributed by atoms with E-state index in [1.54, 1.807) is 0 Å². The molecule has 0 heteroatoms. The van der Waals surface area contributed by atoms with Crippen molar-refractivity contribution < 1.29 is 0 Å². The third-order valence-corrected chi connectivity index (χ3v) is 4.34. The monoisotopic (exact) mass is 260 g/mol. The van der Waals surface area contributed by atoms with E-state index in [2.05, 4.69) is 45.9 Å². The average Bonchev–Trinajstić information content (AvgIpc) is 2.40. The molecule has 1 rings (SSSR count). The highest BCUT2D eigenvalue weighted by Gasteiger charge is 2.06. The van der Waals surface area contributed by atoms with Crippen LogP contribution >= 0.6 is 0 Å². The number of hydrogen-bond donors (Lipinski definition) is 0. The first-order valence-corrected chi connectivity index (χ1v) is 8.22. The Balaban J connectivity index is 2.20. The molecular formula is C19H32. The minimum absolute atomic E-state index is 0.718. The summed E-state index contributed by atoms with van der Waals surface area (Å²) in [5.74, 6) is 0.718. The van der Waals surface area contributed by atoms with Gasteiger partial charge in [0.1, 0.15) is 0 Å². The molecular weight excluding hydrogens is 228 g/mol. The lowest BCUT2D eigenvalue weighted by Crippen LogP contribution is -1.95. The Kier molecular flexibility index (Phi) is 7.86. The van der Waals surface area contributed by atoms with Gasteiger partial charge in [-0.25, -0.2) is 0 Å². The van der Waals surface area contributed by atoms with Crippen LogP contribution in [0.5, 0.6) is 0 Å². The predicted octanol–water partition coefficient (Wildman–Crippen LogP) is 6.55. The van der Waals surface area contributed by atoms with Crippen LogP contribution in [0.2, 0.25) is 0 Å². The summed E-state index contributed by atoms with van der Waals surface area (Å²) < 4.78 is 0. The standard InChI is InChI=1S/C19H32/c1-5-6-7-8-9-10-11-12-17(3)19-14-13-16(2)18(4)15-19/h13-15,17H,5-12H2,1-4H3. The molecule has 0 spiro atoms. The van der Waals surface area contributed by atoms with Crippen LogP contribution < -0.4 is 0 Å². The Hall–Kier alpha value is -0.780. The van der Waals surface area contributed by atoms with Crippen LogP contribution in [-0.2, 0) is 0 Å². The van der Waals surface area contributed by atoms with Gasteiger partial charge in [0.25, 0.3) is 0 Å². The van der Waals surface area contributed by atoms with E-state index in [9.17, 15) is 0 Å². The summed E-state index contributed by atoms with van der Waals surface area (Å²) in [6.07, 6.45) is 11.2. The minimum atomic E-state index is 0.718. The lowest BCUT2D eigenvalue weighted by molar-refractivity contribution is 0.549. The maximum Gasteiger partial charge on any atom is -0.0190 e. The number of rotatable bonds is 9. The molecule has 0 aliphatic rings. The molecule has 0 aliphatic heterocycles. The Bertz CT molecular complexity index is 351. The summed E-state index contributed by atoms with van der Waals surface area (Å²) in [5, 5.41) is 0. The summed E-state index contributed by atoms with van der Waals surface area (Å²) in [7, 11) is 0. The molecule has 1 atom stereocenters. The summed E-state index contributed by atoms with van der Waals surface area (Å²) in [6.45, 7) is 9.08. The van der Waals surface area contributed by atoms with Gasteiger partial charge in [0, 0.05) is 0 Å². The van der Waals surface area contributed by atoms with E-state index in [0.717, 1.165) is 5.92 Å². The Labute approximate surface area is 120 Å². The van der Waals surface area contributed by atoms with Crippen LogP contribution in [0.4, 0.5) is 0 Å². The van der Waals surface area contributed by atoms with Crippen molar-refractivity contribution in [1.29, 1.82) is 0 Å². The first-order chi connectivity index (χ1) is 9.15. The highest BCUT2D eigenvalue weighted by atomic mass is 14.1. The van der Waals surface area contributed by atoms with Crippen molar-refractivity contribution in [2.24, 2.45) is 0 Å². The Morgan fingerprint density at radius 3 is 2.11 bits per heavy atom. The molecule has 0 aliphatic carbocycles. The van der Waals surface area contributed by atoms with E-state index < -0.39 is 0 Å². The van der Waals surface area contributed by atoms with E-state index in [1.165, 1.54) is 68.1 Å². The topological polar surface area (TPSA) is 0 Å². The molecule has 0 radical (unpaired) electrons. The van der Waals surface area contributed by atoms with E-state index >= 15 is 0 Å².